The van der Waals surface area contributed by atoms with Crippen molar-refractivity contribution in [2.24, 2.45) is 16.6 Å². The number of nitrogens with two attached hydrogens (primary N) is 1. The Morgan fingerprint density at radius 2 is 1.65 bits per heavy atom. The maximum absolute atomic E-state index is 5.83. The highest BCUT2D eigenvalue weighted by Gasteiger charge is 2.22. The van der Waals surface area contributed by atoms with E-state index < -0.39 is 0 Å². The van der Waals surface area contributed by atoms with Crippen molar-refractivity contribution in [2.75, 3.05) is 19.6 Å². The molecular formula is C15H34N2. The molecule has 0 aliphatic carbocycles. The van der Waals surface area contributed by atoms with Crippen LogP contribution >= 0.6 is 0 Å². The first-order valence-electron chi connectivity index (χ1n) is 7.30. The number of nitrogens with one attached hydrogen (secondary N) is 1. The topological polar surface area (TPSA) is 38.0 Å². The summed E-state index contributed by atoms with van der Waals surface area (Å²) in [5.41, 5.74) is 6.50. The second-order valence-electron chi connectivity index (χ2n) is 6.59. The molecule has 0 rings (SSSR count). The Morgan fingerprint density at radius 3 is 2.12 bits per heavy atom. The summed E-state index contributed by atoms with van der Waals surface area (Å²) in [6, 6.07) is 0. The molecule has 0 amide bonds. The molecule has 0 aliphatic heterocycles. The van der Waals surface area contributed by atoms with Crippen LogP contribution in [0, 0.1) is 10.8 Å². The largest absolute Gasteiger partial charge is 0.330 e. The summed E-state index contributed by atoms with van der Waals surface area (Å²) in [4.78, 5) is 0. The Bertz CT molecular complexity index is 183. The molecule has 0 fully saturated rings. The molecule has 0 bridgehead atoms. The van der Waals surface area contributed by atoms with Crippen molar-refractivity contribution in [2.45, 2.75) is 66.7 Å². The molecule has 0 heterocycles. The van der Waals surface area contributed by atoms with E-state index in [1.165, 1.54) is 25.7 Å². The second kappa shape index (κ2) is 8.10. The van der Waals surface area contributed by atoms with Gasteiger partial charge in [-0.05, 0) is 30.2 Å². The van der Waals surface area contributed by atoms with Crippen molar-refractivity contribution in [3.63, 3.8) is 0 Å². The Kier molecular flexibility index (Phi) is 8.06. The van der Waals surface area contributed by atoms with Crippen molar-refractivity contribution in [3.8, 4) is 0 Å². The number of rotatable bonds is 10. The summed E-state index contributed by atoms with van der Waals surface area (Å²) < 4.78 is 0. The van der Waals surface area contributed by atoms with Crippen LogP contribution in [-0.4, -0.2) is 19.6 Å². The van der Waals surface area contributed by atoms with E-state index in [4.69, 9.17) is 5.73 Å². The molecule has 2 heteroatoms. The van der Waals surface area contributed by atoms with Gasteiger partial charge in [-0.15, -0.1) is 0 Å². The summed E-state index contributed by atoms with van der Waals surface area (Å²) >= 11 is 0. The predicted molar refractivity (Wildman–Crippen MR) is 78.2 cm³/mol. The number of hydrogen-bond donors (Lipinski definition) is 2. The third-order valence-electron chi connectivity index (χ3n) is 3.96. The molecule has 0 aromatic rings. The van der Waals surface area contributed by atoms with E-state index in [-0.39, 0.29) is 5.41 Å². The highest BCUT2D eigenvalue weighted by molar-refractivity contribution is 4.79. The molecular weight excluding hydrogens is 208 g/mol. The van der Waals surface area contributed by atoms with Crippen LogP contribution in [0.5, 0.6) is 0 Å². The van der Waals surface area contributed by atoms with Crippen LogP contribution in [0.15, 0.2) is 0 Å². The number of unbranched alkanes of at least 4 members (excludes halogenated alkanes) is 2. The predicted octanol–water partition coefficient (Wildman–Crippen LogP) is 3.56. The monoisotopic (exact) mass is 242 g/mol. The molecule has 1 atom stereocenters. The summed E-state index contributed by atoms with van der Waals surface area (Å²) in [5.74, 6) is 0. The van der Waals surface area contributed by atoms with E-state index in [1.54, 1.807) is 0 Å². The zero-order chi connectivity index (χ0) is 13.4. The zero-order valence-electron chi connectivity index (χ0n) is 12.7. The molecule has 0 aliphatic rings. The van der Waals surface area contributed by atoms with Gasteiger partial charge in [0.15, 0.2) is 0 Å². The first-order chi connectivity index (χ1) is 7.89. The molecule has 0 aromatic carbocycles. The van der Waals surface area contributed by atoms with Gasteiger partial charge in [0.25, 0.3) is 0 Å². The van der Waals surface area contributed by atoms with Crippen molar-refractivity contribution >= 4 is 0 Å². The van der Waals surface area contributed by atoms with Crippen LogP contribution in [0.25, 0.3) is 0 Å². The van der Waals surface area contributed by atoms with Gasteiger partial charge in [-0.25, -0.2) is 0 Å². The molecule has 1 unspecified atom stereocenters. The third kappa shape index (κ3) is 7.77. The van der Waals surface area contributed by atoms with E-state index in [0.29, 0.717) is 5.41 Å². The van der Waals surface area contributed by atoms with Crippen LogP contribution < -0.4 is 11.1 Å². The minimum Gasteiger partial charge on any atom is -0.330 e. The molecule has 17 heavy (non-hydrogen) atoms. The normalized spacial score (nSPS) is 15.9. The standard InChI is InChI=1S/C15H34N2/c1-6-8-9-10-14(3,4)12-17-13-15(5,7-2)11-16/h17H,6-13,16H2,1-5H3. The SMILES string of the molecule is CCCCCC(C)(C)CNCC(C)(CC)CN. The van der Waals surface area contributed by atoms with Crippen LogP contribution in [0.3, 0.4) is 0 Å². The maximum Gasteiger partial charge on any atom is 0.00174 e. The van der Waals surface area contributed by atoms with Crippen molar-refractivity contribution < 1.29 is 0 Å². The summed E-state index contributed by atoms with van der Waals surface area (Å²) in [5, 5.41) is 3.62. The van der Waals surface area contributed by atoms with E-state index >= 15 is 0 Å². The molecule has 0 saturated heterocycles. The molecule has 0 radical (unpaired) electrons. The molecule has 0 aromatic heterocycles. The highest BCUT2D eigenvalue weighted by Crippen LogP contribution is 2.24. The fourth-order valence-electron chi connectivity index (χ4n) is 1.99. The lowest BCUT2D eigenvalue weighted by Gasteiger charge is -2.31. The molecule has 3 N–H and O–H groups in total. The molecule has 104 valence electrons. The fraction of sp³-hybridized carbons (Fsp3) is 1.00. The Morgan fingerprint density at radius 1 is 1.00 bits per heavy atom. The van der Waals surface area contributed by atoms with E-state index in [9.17, 15) is 0 Å². The van der Waals surface area contributed by atoms with Gasteiger partial charge in [0.05, 0.1) is 0 Å². The van der Waals surface area contributed by atoms with Crippen LogP contribution in [0.2, 0.25) is 0 Å². The van der Waals surface area contributed by atoms with E-state index in [1.807, 2.05) is 0 Å². The van der Waals surface area contributed by atoms with Crippen molar-refractivity contribution in [1.29, 1.82) is 0 Å². The minimum absolute atomic E-state index is 0.263. The first-order valence-corrected chi connectivity index (χ1v) is 7.30. The van der Waals surface area contributed by atoms with Crippen LogP contribution in [0.4, 0.5) is 0 Å². The first kappa shape index (κ1) is 16.9. The second-order valence-corrected chi connectivity index (χ2v) is 6.59. The lowest BCUT2D eigenvalue weighted by atomic mass is 9.85. The van der Waals surface area contributed by atoms with E-state index in [0.717, 1.165) is 26.1 Å². The summed E-state index contributed by atoms with van der Waals surface area (Å²) in [7, 11) is 0. The van der Waals surface area contributed by atoms with Gasteiger partial charge in [0, 0.05) is 13.1 Å². The Balaban J connectivity index is 3.85. The van der Waals surface area contributed by atoms with Crippen molar-refractivity contribution in [1.82, 2.24) is 5.32 Å². The lowest BCUT2D eigenvalue weighted by Crippen LogP contribution is -2.41. The average Bonchev–Trinajstić information content (AvgIpc) is 2.28. The quantitative estimate of drug-likeness (QED) is 0.575. The Labute approximate surface area is 109 Å². The molecule has 0 spiro atoms. The zero-order valence-corrected chi connectivity index (χ0v) is 12.7. The molecule has 2 nitrogen and oxygen atoms in total. The van der Waals surface area contributed by atoms with E-state index in [2.05, 4.69) is 39.9 Å². The van der Waals surface area contributed by atoms with Crippen LogP contribution in [-0.2, 0) is 0 Å². The van der Waals surface area contributed by atoms with Gasteiger partial charge < -0.3 is 11.1 Å². The number of hydrogen-bond acceptors (Lipinski definition) is 2. The smallest absolute Gasteiger partial charge is 0.00174 e. The van der Waals surface area contributed by atoms with Gasteiger partial charge >= 0.3 is 0 Å². The highest BCUT2D eigenvalue weighted by atomic mass is 14.9. The van der Waals surface area contributed by atoms with Crippen LogP contribution in [0.1, 0.15) is 66.7 Å². The summed E-state index contributed by atoms with van der Waals surface area (Å²) in [6.45, 7) is 14.4. The van der Waals surface area contributed by atoms with Crippen molar-refractivity contribution in [3.05, 3.63) is 0 Å². The average molecular weight is 242 g/mol. The van der Waals surface area contributed by atoms with Gasteiger partial charge in [0.1, 0.15) is 0 Å². The van der Waals surface area contributed by atoms with Gasteiger partial charge in [0.2, 0.25) is 0 Å². The Hall–Kier alpha value is -0.0800. The minimum atomic E-state index is 0.263. The lowest BCUT2D eigenvalue weighted by molar-refractivity contribution is 0.253. The third-order valence-corrected chi connectivity index (χ3v) is 3.96. The summed E-state index contributed by atoms with van der Waals surface area (Å²) in [6.07, 6.45) is 6.49. The maximum atomic E-state index is 5.83. The van der Waals surface area contributed by atoms with Gasteiger partial charge in [-0.3, -0.25) is 0 Å². The fourth-order valence-corrected chi connectivity index (χ4v) is 1.99. The van der Waals surface area contributed by atoms with Gasteiger partial charge in [-0.2, -0.15) is 0 Å². The van der Waals surface area contributed by atoms with Gasteiger partial charge in [-0.1, -0.05) is 53.9 Å². The molecule has 0 saturated carbocycles.